The summed E-state index contributed by atoms with van der Waals surface area (Å²) in [4.78, 5) is 37.7. The topological polar surface area (TPSA) is 175 Å². The molecule has 5 rings (SSSR count). The van der Waals surface area contributed by atoms with Crippen LogP contribution in [0.5, 0.6) is 0 Å². The molecule has 3 heterocycles. The van der Waals surface area contributed by atoms with Crippen molar-refractivity contribution in [1.29, 1.82) is 0 Å². The molecule has 0 bridgehead atoms. The van der Waals surface area contributed by atoms with Crippen molar-refractivity contribution in [2.45, 2.75) is 89.4 Å². The first-order chi connectivity index (χ1) is 18.7. The molecule has 5 N–H and O–H groups in total. The van der Waals surface area contributed by atoms with Gasteiger partial charge in [0.2, 0.25) is 5.82 Å². The molecule has 4 atom stereocenters. The third-order valence-corrected chi connectivity index (χ3v) is 7.47. The Morgan fingerprint density at radius 2 is 1.92 bits per heavy atom. The number of fused-ring (bicyclic) bond motifs is 1. The molecule has 2 aromatic rings. The molecule has 0 aromatic carbocycles. The Morgan fingerprint density at radius 3 is 2.62 bits per heavy atom. The number of aromatic nitrogens is 4. The van der Waals surface area contributed by atoms with Gasteiger partial charge in [-0.2, -0.15) is 0 Å². The lowest BCUT2D eigenvalue weighted by atomic mass is 9.80. The summed E-state index contributed by atoms with van der Waals surface area (Å²) in [5.74, 6) is 6.54. The Bertz CT molecular complexity index is 1270. The van der Waals surface area contributed by atoms with Gasteiger partial charge < -0.3 is 30.7 Å². The number of hydrogen-bond acceptors (Lipinski definition) is 10. The highest BCUT2D eigenvalue weighted by Crippen LogP contribution is 2.33. The van der Waals surface area contributed by atoms with Gasteiger partial charge >= 0.3 is 5.97 Å². The highest BCUT2D eigenvalue weighted by atomic mass is 16.6. The average molecular weight is 541 g/mol. The quantitative estimate of drug-likeness (QED) is 0.293. The zero-order valence-corrected chi connectivity index (χ0v) is 22.2. The van der Waals surface area contributed by atoms with Crippen molar-refractivity contribution in [1.82, 2.24) is 24.8 Å². The van der Waals surface area contributed by atoms with E-state index in [2.05, 4.69) is 32.1 Å². The number of rotatable bonds is 7. The summed E-state index contributed by atoms with van der Waals surface area (Å²) in [7, 11) is 0. The van der Waals surface area contributed by atoms with Crippen molar-refractivity contribution in [3.05, 3.63) is 12.2 Å². The van der Waals surface area contributed by atoms with Crippen LogP contribution in [0, 0.1) is 29.6 Å². The van der Waals surface area contributed by atoms with Gasteiger partial charge in [0.1, 0.15) is 17.7 Å². The molecule has 12 heteroatoms. The van der Waals surface area contributed by atoms with Crippen LogP contribution >= 0.6 is 0 Å². The zero-order chi connectivity index (χ0) is 27.7. The van der Waals surface area contributed by atoms with Crippen molar-refractivity contribution in [2.24, 2.45) is 17.8 Å². The van der Waals surface area contributed by atoms with Gasteiger partial charge in [-0.15, -0.1) is 0 Å². The number of nitrogens with one attached hydrogen (secondary N) is 1. The second-order valence-electron chi connectivity index (χ2n) is 11.2. The van der Waals surface area contributed by atoms with Crippen molar-refractivity contribution in [2.75, 3.05) is 12.3 Å². The molecular formula is C27H36N6O6. The van der Waals surface area contributed by atoms with Gasteiger partial charge in [0.15, 0.2) is 23.8 Å². The molecule has 0 radical (unpaired) electrons. The van der Waals surface area contributed by atoms with Crippen molar-refractivity contribution >= 4 is 28.9 Å². The molecule has 0 spiro atoms. The number of anilines is 1. The SMILES string of the molecule is CC(C)COC(=O)C1CCC(CC#Cc2nc(N)c3ncn(C4O[C@H](C(=O)NC5CC5)[C@H](O)[C@@H]4O)c3n2)CC1. The maximum Gasteiger partial charge on any atom is 0.308 e. The van der Waals surface area contributed by atoms with Crippen LogP contribution in [0.4, 0.5) is 5.82 Å². The number of ether oxygens (including phenoxy) is 2. The van der Waals surface area contributed by atoms with E-state index in [1.54, 1.807) is 0 Å². The Labute approximate surface area is 226 Å². The first-order valence-corrected chi connectivity index (χ1v) is 13.7. The predicted octanol–water partition coefficient (Wildman–Crippen LogP) is 1.05. The molecule has 39 heavy (non-hydrogen) atoms. The number of imidazole rings is 1. The Hall–Kier alpha value is -3.27. The molecule has 210 valence electrons. The highest BCUT2D eigenvalue weighted by Gasteiger charge is 2.48. The fraction of sp³-hybridized carbons (Fsp3) is 0.667. The number of nitrogens with zero attached hydrogens (tertiary/aromatic N) is 4. The molecular weight excluding hydrogens is 504 g/mol. The van der Waals surface area contributed by atoms with Gasteiger partial charge in [0.05, 0.1) is 18.9 Å². The average Bonchev–Trinajstić information content (AvgIpc) is 3.55. The molecule has 2 saturated carbocycles. The van der Waals surface area contributed by atoms with E-state index >= 15 is 0 Å². The fourth-order valence-corrected chi connectivity index (χ4v) is 5.04. The minimum Gasteiger partial charge on any atom is -0.465 e. The van der Waals surface area contributed by atoms with Gasteiger partial charge in [0.25, 0.3) is 5.91 Å². The van der Waals surface area contributed by atoms with E-state index in [1.807, 2.05) is 13.8 Å². The van der Waals surface area contributed by atoms with E-state index in [0.717, 1.165) is 38.5 Å². The van der Waals surface area contributed by atoms with Crippen LogP contribution in [0.1, 0.15) is 70.8 Å². The highest BCUT2D eigenvalue weighted by molar-refractivity contribution is 5.83. The van der Waals surface area contributed by atoms with Crippen LogP contribution in [-0.2, 0) is 19.1 Å². The zero-order valence-electron chi connectivity index (χ0n) is 22.2. The number of carbonyl (C=O) groups excluding carboxylic acids is 2. The van der Waals surface area contributed by atoms with Gasteiger partial charge in [-0.1, -0.05) is 19.8 Å². The van der Waals surface area contributed by atoms with Crippen LogP contribution in [0.25, 0.3) is 11.2 Å². The van der Waals surface area contributed by atoms with Gasteiger partial charge in [-0.3, -0.25) is 14.2 Å². The Morgan fingerprint density at radius 1 is 1.18 bits per heavy atom. The monoisotopic (exact) mass is 540 g/mol. The van der Waals surface area contributed by atoms with E-state index in [9.17, 15) is 19.8 Å². The maximum atomic E-state index is 12.5. The van der Waals surface area contributed by atoms with Gasteiger partial charge in [-0.25, -0.2) is 15.0 Å². The summed E-state index contributed by atoms with van der Waals surface area (Å²) in [6, 6.07) is 0.0912. The Kier molecular flexibility index (Phi) is 8.02. The molecule has 3 aliphatic rings. The summed E-state index contributed by atoms with van der Waals surface area (Å²) in [6.07, 6.45) is 2.13. The number of carbonyl (C=O) groups is 2. The van der Waals surface area contributed by atoms with Gasteiger partial charge in [-0.05, 0) is 56.3 Å². The number of aliphatic hydroxyl groups is 2. The standard InChI is InChI=1S/C27H36N6O6/c1-14(2)12-38-27(37)16-8-6-15(7-9-16)4-3-5-18-31-23(28)19-24(32-18)33(13-29-19)26-21(35)20(34)22(39-26)25(36)30-17-10-11-17/h13-17,20-22,26,34-35H,4,6-12H2,1-2H3,(H,30,36)(H2,28,31,32)/t15?,16?,20-,21+,22+,26?/m1/s1. The van der Waals surface area contributed by atoms with E-state index in [4.69, 9.17) is 15.2 Å². The summed E-state index contributed by atoms with van der Waals surface area (Å²) < 4.78 is 12.6. The molecule has 1 aliphatic heterocycles. The normalized spacial score (nSPS) is 28.7. The van der Waals surface area contributed by atoms with Crippen LogP contribution in [0.15, 0.2) is 6.33 Å². The molecule has 12 nitrogen and oxygen atoms in total. The van der Waals surface area contributed by atoms with Crippen LogP contribution in [-0.4, -0.2) is 72.6 Å². The molecule has 1 unspecified atom stereocenters. The lowest BCUT2D eigenvalue weighted by molar-refractivity contribution is -0.151. The first kappa shape index (κ1) is 27.3. The van der Waals surface area contributed by atoms with E-state index in [-0.39, 0.29) is 35.2 Å². The van der Waals surface area contributed by atoms with Crippen molar-refractivity contribution in [3.8, 4) is 11.8 Å². The van der Waals surface area contributed by atoms with Crippen molar-refractivity contribution < 1.29 is 29.3 Å². The summed E-state index contributed by atoms with van der Waals surface area (Å²) in [6.45, 7) is 4.50. The first-order valence-electron chi connectivity index (χ1n) is 13.7. The van der Waals surface area contributed by atoms with E-state index in [1.165, 1.54) is 10.9 Å². The summed E-state index contributed by atoms with van der Waals surface area (Å²) in [5.41, 5.74) is 6.70. The second-order valence-corrected chi connectivity index (χ2v) is 11.2. The minimum atomic E-state index is -1.41. The number of nitrogen functional groups attached to an aromatic ring is 1. The fourth-order valence-electron chi connectivity index (χ4n) is 5.04. The van der Waals surface area contributed by atoms with Crippen molar-refractivity contribution in [3.63, 3.8) is 0 Å². The predicted molar refractivity (Wildman–Crippen MR) is 140 cm³/mol. The minimum absolute atomic E-state index is 0.0372. The number of esters is 1. The Balaban J connectivity index is 1.23. The summed E-state index contributed by atoms with van der Waals surface area (Å²) >= 11 is 0. The third kappa shape index (κ3) is 6.16. The van der Waals surface area contributed by atoms with Crippen LogP contribution in [0.3, 0.4) is 0 Å². The lowest BCUT2D eigenvalue weighted by Crippen LogP contribution is -2.43. The molecule has 2 aromatic heterocycles. The van der Waals surface area contributed by atoms with Crippen LogP contribution < -0.4 is 11.1 Å². The van der Waals surface area contributed by atoms with E-state index in [0.29, 0.717) is 30.4 Å². The van der Waals surface area contributed by atoms with E-state index < -0.39 is 30.4 Å². The molecule has 1 amide bonds. The molecule has 1 saturated heterocycles. The number of aliphatic hydroxyl groups excluding tert-OH is 2. The number of hydrogen-bond donors (Lipinski definition) is 4. The van der Waals surface area contributed by atoms with Crippen LogP contribution in [0.2, 0.25) is 0 Å². The third-order valence-electron chi connectivity index (χ3n) is 7.47. The number of nitrogens with two attached hydrogens (primary N) is 1. The second kappa shape index (κ2) is 11.5. The lowest BCUT2D eigenvalue weighted by Gasteiger charge is -2.26. The number of amides is 1. The largest absolute Gasteiger partial charge is 0.465 e. The smallest absolute Gasteiger partial charge is 0.308 e. The molecule has 2 aliphatic carbocycles. The maximum absolute atomic E-state index is 12.5. The van der Waals surface area contributed by atoms with Gasteiger partial charge in [0, 0.05) is 12.5 Å². The summed E-state index contributed by atoms with van der Waals surface area (Å²) in [5, 5.41) is 23.9. The molecule has 3 fully saturated rings.